The van der Waals surface area contributed by atoms with Gasteiger partial charge in [-0.05, 0) is 63.4 Å². The lowest BCUT2D eigenvalue weighted by atomic mass is 9.88. The summed E-state index contributed by atoms with van der Waals surface area (Å²) in [5, 5.41) is 5.34. The smallest absolute Gasteiger partial charge is 0.344 e. The molecule has 4 rings (SSSR count). The third-order valence-electron chi connectivity index (χ3n) is 6.10. The standard InChI is InChI=1S/C28H32ClN3O5/c1-4-35-24-15-19(14-22(29)26(24)36-17-25(33)37-18(2)3)16-30-32-27(20-10-6-5-7-11-20)31-23-13-9-8-12-21(23)28(32)34/h8-9,12-16,18,20H,4-7,10-11,17H2,1-3H3. The number of carbonyl (C=O) groups excluding carboxylic acids is 1. The van der Waals surface area contributed by atoms with Gasteiger partial charge in [0.05, 0.1) is 34.9 Å². The predicted octanol–water partition coefficient (Wildman–Crippen LogP) is 5.71. The summed E-state index contributed by atoms with van der Waals surface area (Å²) in [6.07, 6.45) is 6.68. The third-order valence-corrected chi connectivity index (χ3v) is 6.39. The van der Waals surface area contributed by atoms with Gasteiger partial charge in [0.25, 0.3) is 5.56 Å². The number of hydrogen-bond acceptors (Lipinski definition) is 7. The molecule has 196 valence electrons. The van der Waals surface area contributed by atoms with Gasteiger partial charge in [-0.2, -0.15) is 9.78 Å². The molecule has 0 amide bonds. The van der Waals surface area contributed by atoms with Crippen molar-refractivity contribution in [3.05, 3.63) is 63.2 Å². The van der Waals surface area contributed by atoms with Crippen molar-refractivity contribution in [1.29, 1.82) is 0 Å². The zero-order chi connectivity index (χ0) is 26.4. The fourth-order valence-electron chi connectivity index (χ4n) is 4.50. The van der Waals surface area contributed by atoms with Crippen LogP contribution in [0.4, 0.5) is 0 Å². The Bertz CT molecular complexity index is 1350. The van der Waals surface area contributed by atoms with Crippen LogP contribution in [0.2, 0.25) is 5.02 Å². The minimum Gasteiger partial charge on any atom is -0.490 e. The second-order valence-electron chi connectivity index (χ2n) is 9.27. The number of halogens is 1. The molecule has 9 heteroatoms. The summed E-state index contributed by atoms with van der Waals surface area (Å²) in [6.45, 7) is 5.43. The maximum Gasteiger partial charge on any atom is 0.344 e. The topological polar surface area (TPSA) is 92.0 Å². The van der Waals surface area contributed by atoms with Crippen molar-refractivity contribution < 1.29 is 19.0 Å². The van der Waals surface area contributed by atoms with E-state index < -0.39 is 5.97 Å². The quantitative estimate of drug-likeness (QED) is 0.262. The molecule has 2 aromatic carbocycles. The van der Waals surface area contributed by atoms with Crippen molar-refractivity contribution in [2.75, 3.05) is 13.2 Å². The molecule has 0 spiro atoms. The van der Waals surface area contributed by atoms with Gasteiger partial charge in [-0.25, -0.2) is 9.78 Å². The largest absolute Gasteiger partial charge is 0.490 e. The number of hydrogen-bond donors (Lipinski definition) is 0. The van der Waals surface area contributed by atoms with E-state index in [1.807, 2.05) is 25.1 Å². The Morgan fingerprint density at radius 2 is 1.95 bits per heavy atom. The lowest BCUT2D eigenvalue weighted by Gasteiger charge is -2.22. The number of fused-ring (bicyclic) bond motifs is 1. The van der Waals surface area contributed by atoms with Crippen LogP contribution in [0.1, 0.15) is 70.2 Å². The molecule has 0 saturated heterocycles. The van der Waals surface area contributed by atoms with E-state index in [9.17, 15) is 9.59 Å². The van der Waals surface area contributed by atoms with Crippen molar-refractivity contribution in [3.8, 4) is 11.5 Å². The van der Waals surface area contributed by atoms with Crippen LogP contribution in [0.3, 0.4) is 0 Å². The van der Waals surface area contributed by atoms with Crippen LogP contribution < -0.4 is 15.0 Å². The van der Waals surface area contributed by atoms with Crippen molar-refractivity contribution in [2.45, 2.75) is 64.9 Å². The van der Waals surface area contributed by atoms with Crippen LogP contribution in [0.5, 0.6) is 11.5 Å². The lowest BCUT2D eigenvalue weighted by Crippen LogP contribution is -2.25. The Kier molecular flexibility index (Phi) is 8.82. The van der Waals surface area contributed by atoms with Crippen LogP contribution in [0, 0.1) is 0 Å². The summed E-state index contributed by atoms with van der Waals surface area (Å²) in [5.74, 6) is 0.961. The van der Waals surface area contributed by atoms with Crippen molar-refractivity contribution in [2.24, 2.45) is 5.10 Å². The molecule has 8 nitrogen and oxygen atoms in total. The molecule has 1 aliphatic rings. The number of para-hydroxylation sites is 1. The van der Waals surface area contributed by atoms with Gasteiger partial charge in [0.1, 0.15) is 5.82 Å². The van der Waals surface area contributed by atoms with Crippen LogP contribution in [0.25, 0.3) is 10.9 Å². The summed E-state index contributed by atoms with van der Waals surface area (Å²) in [6, 6.07) is 10.7. The van der Waals surface area contributed by atoms with E-state index in [0.717, 1.165) is 25.7 Å². The first-order chi connectivity index (χ1) is 17.9. The predicted molar refractivity (Wildman–Crippen MR) is 144 cm³/mol. The SMILES string of the molecule is CCOc1cc(C=Nn2c(C3CCCCC3)nc3ccccc3c2=O)cc(Cl)c1OCC(=O)OC(C)C. The van der Waals surface area contributed by atoms with Gasteiger partial charge >= 0.3 is 5.97 Å². The van der Waals surface area contributed by atoms with Gasteiger partial charge in [-0.1, -0.05) is 43.0 Å². The van der Waals surface area contributed by atoms with Gasteiger partial charge in [0.15, 0.2) is 18.1 Å². The minimum atomic E-state index is -0.502. The minimum absolute atomic E-state index is 0.173. The molecule has 3 aromatic rings. The first-order valence-electron chi connectivity index (χ1n) is 12.7. The monoisotopic (exact) mass is 525 g/mol. The first-order valence-corrected chi connectivity index (χ1v) is 13.1. The van der Waals surface area contributed by atoms with E-state index in [2.05, 4.69) is 5.10 Å². The third kappa shape index (κ3) is 6.49. The van der Waals surface area contributed by atoms with Crippen LogP contribution in [0.15, 0.2) is 46.3 Å². The highest BCUT2D eigenvalue weighted by Gasteiger charge is 2.22. The lowest BCUT2D eigenvalue weighted by molar-refractivity contribution is -0.149. The fraction of sp³-hybridized carbons (Fsp3) is 0.429. The number of esters is 1. The molecule has 1 heterocycles. The summed E-state index contributed by atoms with van der Waals surface area (Å²) in [4.78, 5) is 30.2. The maximum absolute atomic E-state index is 13.4. The molecule has 0 N–H and O–H groups in total. The van der Waals surface area contributed by atoms with E-state index in [-0.39, 0.29) is 35.0 Å². The van der Waals surface area contributed by atoms with Crippen molar-refractivity contribution >= 4 is 34.7 Å². The average molecular weight is 526 g/mol. The zero-order valence-corrected chi connectivity index (χ0v) is 22.2. The Morgan fingerprint density at radius 1 is 1.19 bits per heavy atom. The maximum atomic E-state index is 13.4. The Balaban J connectivity index is 1.69. The molecular weight excluding hydrogens is 494 g/mol. The Morgan fingerprint density at radius 3 is 2.68 bits per heavy atom. The molecule has 0 atom stereocenters. The molecule has 37 heavy (non-hydrogen) atoms. The molecule has 1 saturated carbocycles. The van der Waals surface area contributed by atoms with Gasteiger partial charge in [0.2, 0.25) is 0 Å². The normalized spacial score (nSPS) is 14.4. The highest BCUT2D eigenvalue weighted by Crippen LogP contribution is 2.36. The Hall–Kier alpha value is -3.39. The molecule has 1 fully saturated rings. The van der Waals surface area contributed by atoms with Crippen molar-refractivity contribution in [1.82, 2.24) is 9.66 Å². The summed E-state index contributed by atoms with van der Waals surface area (Å²) < 4.78 is 17.9. The first kappa shape index (κ1) is 26.7. The fourth-order valence-corrected chi connectivity index (χ4v) is 4.77. The summed E-state index contributed by atoms with van der Waals surface area (Å²) in [7, 11) is 0. The Labute approximate surface area is 221 Å². The highest BCUT2D eigenvalue weighted by molar-refractivity contribution is 6.32. The molecule has 0 aliphatic heterocycles. The number of aromatic nitrogens is 2. The number of benzene rings is 2. The second kappa shape index (κ2) is 12.2. The van der Waals surface area contributed by atoms with Gasteiger partial charge in [-0.3, -0.25) is 4.79 Å². The number of carbonyl (C=O) groups is 1. The van der Waals surface area contributed by atoms with Crippen LogP contribution in [-0.2, 0) is 9.53 Å². The molecule has 1 aliphatic carbocycles. The van der Waals surface area contributed by atoms with E-state index in [0.29, 0.717) is 34.6 Å². The van der Waals surface area contributed by atoms with E-state index >= 15 is 0 Å². The summed E-state index contributed by atoms with van der Waals surface area (Å²) in [5.41, 5.74) is 1.08. The highest BCUT2D eigenvalue weighted by atomic mass is 35.5. The zero-order valence-electron chi connectivity index (χ0n) is 21.4. The van der Waals surface area contributed by atoms with Gasteiger partial charge in [0, 0.05) is 5.92 Å². The van der Waals surface area contributed by atoms with Crippen LogP contribution in [-0.4, -0.2) is 41.2 Å². The second-order valence-corrected chi connectivity index (χ2v) is 9.68. The molecule has 0 unspecified atom stereocenters. The van der Waals surface area contributed by atoms with Crippen LogP contribution >= 0.6 is 11.6 Å². The number of rotatable bonds is 9. The average Bonchev–Trinajstić information content (AvgIpc) is 2.88. The molecular formula is C28H32ClN3O5. The van der Waals surface area contributed by atoms with E-state index in [1.54, 1.807) is 38.3 Å². The summed E-state index contributed by atoms with van der Waals surface area (Å²) >= 11 is 6.50. The van der Waals surface area contributed by atoms with Crippen molar-refractivity contribution in [3.63, 3.8) is 0 Å². The number of ether oxygens (including phenoxy) is 3. The molecule has 1 aromatic heterocycles. The van der Waals surface area contributed by atoms with Gasteiger partial charge < -0.3 is 14.2 Å². The van der Waals surface area contributed by atoms with E-state index in [4.69, 9.17) is 30.8 Å². The van der Waals surface area contributed by atoms with Gasteiger partial charge in [-0.15, -0.1) is 0 Å². The molecule has 0 radical (unpaired) electrons. The number of nitrogens with zero attached hydrogens (tertiary/aromatic N) is 3. The van der Waals surface area contributed by atoms with E-state index in [1.165, 1.54) is 11.1 Å². The molecule has 0 bridgehead atoms.